The second kappa shape index (κ2) is 6.99. The topological polar surface area (TPSA) is 103 Å². The van der Waals surface area contributed by atoms with Crippen LogP contribution >= 0.6 is 27.3 Å². The van der Waals surface area contributed by atoms with E-state index in [0.29, 0.717) is 22.2 Å². The molecule has 0 fully saturated rings. The first-order chi connectivity index (χ1) is 14.4. The van der Waals surface area contributed by atoms with Crippen molar-refractivity contribution in [3.05, 3.63) is 73.9 Å². The number of halogens is 1. The molecule has 1 unspecified atom stereocenters. The summed E-state index contributed by atoms with van der Waals surface area (Å²) < 4.78 is 3.56. The SMILES string of the molecule is Cc1nn(-c2nc3ccc(Br)cc3s2)c2c1C(c1ccccc1[N+](=O)[O-])CC(=O)N2. The van der Waals surface area contributed by atoms with Crippen LogP contribution in [-0.4, -0.2) is 25.6 Å². The maximum atomic E-state index is 12.6. The van der Waals surface area contributed by atoms with Crippen LogP contribution in [0.5, 0.6) is 0 Å². The number of thiazole rings is 1. The number of anilines is 1. The van der Waals surface area contributed by atoms with Crippen LogP contribution in [0.25, 0.3) is 15.3 Å². The van der Waals surface area contributed by atoms with Gasteiger partial charge in [0.05, 0.1) is 20.8 Å². The molecule has 2 aromatic heterocycles. The fourth-order valence-corrected chi connectivity index (χ4v) is 5.35. The van der Waals surface area contributed by atoms with E-state index in [9.17, 15) is 14.9 Å². The first kappa shape index (κ1) is 18.9. The third-order valence-electron chi connectivity index (χ3n) is 5.13. The van der Waals surface area contributed by atoms with Gasteiger partial charge in [-0.15, -0.1) is 0 Å². The summed E-state index contributed by atoms with van der Waals surface area (Å²) in [6.07, 6.45) is 0.122. The van der Waals surface area contributed by atoms with E-state index in [4.69, 9.17) is 0 Å². The van der Waals surface area contributed by atoms with Gasteiger partial charge in [-0.05, 0) is 25.1 Å². The van der Waals surface area contributed by atoms with E-state index in [1.807, 2.05) is 25.1 Å². The smallest absolute Gasteiger partial charge is 0.273 e. The van der Waals surface area contributed by atoms with Crippen molar-refractivity contribution in [1.29, 1.82) is 0 Å². The molecular weight excluding hydrogens is 470 g/mol. The summed E-state index contributed by atoms with van der Waals surface area (Å²) in [7, 11) is 0. The Balaban J connectivity index is 1.69. The number of carbonyl (C=O) groups is 1. The number of nitro benzene ring substituents is 1. The molecule has 1 aliphatic rings. The van der Waals surface area contributed by atoms with Gasteiger partial charge in [-0.25, -0.2) is 4.98 Å². The summed E-state index contributed by atoms with van der Waals surface area (Å²) in [4.78, 5) is 28.4. The number of hydrogen-bond donors (Lipinski definition) is 1. The van der Waals surface area contributed by atoms with E-state index in [2.05, 4.69) is 31.3 Å². The van der Waals surface area contributed by atoms with Gasteiger partial charge in [-0.2, -0.15) is 9.78 Å². The van der Waals surface area contributed by atoms with Crippen LogP contribution in [0.4, 0.5) is 11.5 Å². The van der Waals surface area contributed by atoms with Crippen molar-refractivity contribution in [3.63, 3.8) is 0 Å². The second-order valence-electron chi connectivity index (χ2n) is 6.99. The second-order valence-corrected chi connectivity index (χ2v) is 8.91. The lowest BCUT2D eigenvalue weighted by molar-refractivity contribution is -0.385. The number of benzene rings is 2. The van der Waals surface area contributed by atoms with E-state index in [0.717, 1.165) is 20.3 Å². The van der Waals surface area contributed by atoms with Crippen LogP contribution in [0.3, 0.4) is 0 Å². The molecule has 0 bridgehead atoms. The van der Waals surface area contributed by atoms with Crippen LogP contribution in [0, 0.1) is 17.0 Å². The van der Waals surface area contributed by atoms with Crippen LogP contribution in [0.1, 0.15) is 29.2 Å². The molecule has 10 heteroatoms. The van der Waals surface area contributed by atoms with Crippen molar-refractivity contribution >= 4 is 54.9 Å². The Hall–Kier alpha value is -3.11. The molecule has 0 spiro atoms. The van der Waals surface area contributed by atoms with E-state index < -0.39 is 10.8 Å². The summed E-state index contributed by atoms with van der Waals surface area (Å²) >= 11 is 4.92. The van der Waals surface area contributed by atoms with Crippen molar-refractivity contribution in [2.75, 3.05) is 5.32 Å². The number of rotatable bonds is 3. The van der Waals surface area contributed by atoms with Crippen molar-refractivity contribution in [3.8, 4) is 5.13 Å². The number of amides is 1. The number of hydrogen-bond acceptors (Lipinski definition) is 6. The average molecular weight is 484 g/mol. The first-order valence-electron chi connectivity index (χ1n) is 9.11. The number of nitrogens with one attached hydrogen (secondary N) is 1. The Kier molecular flexibility index (Phi) is 4.40. The Morgan fingerprint density at radius 2 is 2.10 bits per heavy atom. The quantitative estimate of drug-likeness (QED) is 0.328. The largest absolute Gasteiger partial charge is 0.310 e. The van der Waals surface area contributed by atoms with Gasteiger partial charge < -0.3 is 5.32 Å². The average Bonchev–Trinajstić information content (AvgIpc) is 3.27. The molecular formula is C20H14BrN5O3S. The highest BCUT2D eigenvalue weighted by Gasteiger charge is 2.36. The van der Waals surface area contributed by atoms with Gasteiger partial charge in [0.1, 0.15) is 5.82 Å². The zero-order valence-electron chi connectivity index (χ0n) is 15.6. The normalized spacial score (nSPS) is 15.8. The molecule has 30 heavy (non-hydrogen) atoms. The maximum Gasteiger partial charge on any atom is 0.273 e. The molecule has 1 N–H and O–H groups in total. The fraction of sp³-hybridized carbons (Fsp3) is 0.150. The van der Waals surface area contributed by atoms with E-state index >= 15 is 0 Å². The highest BCUT2D eigenvalue weighted by Crippen LogP contribution is 2.43. The minimum Gasteiger partial charge on any atom is -0.310 e. The van der Waals surface area contributed by atoms with Gasteiger partial charge in [0.2, 0.25) is 11.0 Å². The molecule has 1 aliphatic heterocycles. The third kappa shape index (κ3) is 2.99. The summed E-state index contributed by atoms with van der Waals surface area (Å²) in [5.41, 5.74) is 2.82. The maximum absolute atomic E-state index is 12.6. The lowest BCUT2D eigenvalue weighted by atomic mass is 9.85. The third-order valence-corrected chi connectivity index (χ3v) is 6.62. The molecule has 150 valence electrons. The van der Waals surface area contributed by atoms with Gasteiger partial charge in [0.25, 0.3) is 5.69 Å². The lowest BCUT2D eigenvalue weighted by Gasteiger charge is -2.23. The highest BCUT2D eigenvalue weighted by atomic mass is 79.9. The minimum atomic E-state index is -0.451. The molecule has 4 aromatic rings. The number of carbonyl (C=O) groups excluding carboxylic acids is 1. The monoisotopic (exact) mass is 483 g/mol. The first-order valence-corrected chi connectivity index (χ1v) is 10.7. The number of aromatic nitrogens is 3. The molecule has 8 nitrogen and oxygen atoms in total. The molecule has 0 saturated carbocycles. The Labute approximate surface area is 182 Å². The molecule has 1 atom stereocenters. The predicted molar refractivity (Wildman–Crippen MR) is 117 cm³/mol. The van der Waals surface area contributed by atoms with Gasteiger partial charge in [-0.1, -0.05) is 45.5 Å². The van der Waals surface area contributed by atoms with Crippen molar-refractivity contribution in [2.24, 2.45) is 0 Å². The van der Waals surface area contributed by atoms with E-state index in [-0.39, 0.29) is 18.0 Å². The number of nitrogens with zero attached hydrogens (tertiary/aromatic N) is 4. The standard InChI is InChI=1S/C20H14BrN5O3S/c1-10-18-13(12-4-2-3-5-15(12)26(28)29)9-17(27)23-19(18)25(24-10)20-22-14-7-6-11(21)8-16(14)30-20/h2-8,13H,9H2,1H3,(H,23,27). The van der Waals surface area contributed by atoms with Crippen molar-refractivity contribution in [2.45, 2.75) is 19.3 Å². The molecule has 3 heterocycles. The molecule has 0 aliphatic carbocycles. The zero-order chi connectivity index (χ0) is 21.0. The van der Waals surface area contributed by atoms with Crippen molar-refractivity contribution < 1.29 is 9.72 Å². The Morgan fingerprint density at radius 3 is 2.90 bits per heavy atom. The molecule has 2 aromatic carbocycles. The zero-order valence-corrected chi connectivity index (χ0v) is 18.0. The van der Waals surface area contributed by atoms with E-state index in [1.54, 1.807) is 22.9 Å². The number of para-hydroxylation sites is 1. The highest BCUT2D eigenvalue weighted by molar-refractivity contribution is 9.10. The minimum absolute atomic E-state index is 0.000127. The molecule has 0 saturated heterocycles. The van der Waals surface area contributed by atoms with Crippen LogP contribution in [0.15, 0.2) is 46.9 Å². The summed E-state index contributed by atoms with van der Waals surface area (Å²) in [6.45, 7) is 1.85. The predicted octanol–water partition coefficient (Wildman–Crippen LogP) is 4.94. The summed E-state index contributed by atoms with van der Waals surface area (Å²) in [5, 5.41) is 19.7. The van der Waals surface area contributed by atoms with Crippen LogP contribution in [0.2, 0.25) is 0 Å². The van der Waals surface area contributed by atoms with E-state index in [1.165, 1.54) is 17.4 Å². The van der Waals surface area contributed by atoms with Crippen molar-refractivity contribution in [1.82, 2.24) is 14.8 Å². The molecule has 1 amide bonds. The Bertz CT molecular complexity index is 1350. The van der Waals surface area contributed by atoms with Crippen LogP contribution in [-0.2, 0) is 4.79 Å². The fourth-order valence-electron chi connectivity index (χ4n) is 3.88. The van der Waals surface area contributed by atoms with Gasteiger partial charge in [0, 0.05) is 34.0 Å². The summed E-state index contributed by atoms with van der Waals surface area (Å²) in [6, 6.07) is 12.4. The Morgan fingerprint density at radius 1 is 1.30 bits per heavy atom. The lowest BCUT2D eigenvalue weighted by Crippen LogP contribution is -2.25. The molecule has 0 radical (unpaired) electrons. The number of fused-ring (bicyclic) bond motifs is 2. The van der Waals surface area contributed by atoms with Crippen LogP contribution < -0.4 is 5.32 Å². The van der Waals surface area contributed by atoms with Gasteiger partial charge in [0.15, 0.2) is 0 Å². The van der Waals surface area contributed by atoms with Gasteiger partial charge >= 0.3 is 0 Å². The molecule has 5 rings (SSSR count). The summed E-state index contributed by atoms with van der Waals surface area (Å²) in [5.74, 6) is -0.145. The number of aryl methyl sites for hydroxylation is 1. The van der Waals surface area contributed by atoms with Gasteiger partial charge in [-0.3, -0.25) is 14.9 Å². The number of nitro groups is 1.